The molecule has 0 amide bonds. The molecule has 1 unspecified atom stereocenters. The van der Waals surface area contributed by atoms with Gasteiger partial charge in [0.25, 0.3) is 0 Å². The van der Waals surface area contributed by atoms with E-state index >= 15 is 0 Å². The Hall–Kier alpha value is -0.890. The summed E-state index contributed by atoms with van der Waals surface area (Å²) >= 11 is 0. The van der Waals surface area contributed by atoms with Crippen LogP contribution in [0.15, 0.2) is 18.3 Å². The van der Waals surface area contributed by atoms with Crippen molar-refractivity contribution in [2.45, 2.75) is 52.6 Å². The molecule has 0 aliphatic carbocycles. The van der Waals surface area contributed by atoms with E-state index < -0.39 is 6.10 Å². The quantitative estimate of drug-likeness (QED) is 0.848. The first-order valence-corrected chi connectivity index (χ1v) is 5.95. The largest absolute Gasteiger partial charge is 0.387 e. The molecule has 0 saturated heterocycles. The Balaban J connectivity index is 2.79. The minimum atomic E-state index is -0.436. The normalized spacial score (nSPS) is 14.2. The van der Waals surface area contributed by atoms with Crippen LogP contribution in [0.5, 0.6) is 0 Å². The fraction of sp³-hybridized carbons (Fsp3) is 0.643. The highest BCUT2D eigenvalue weighted by Crippen LogP contribution is 2.24. The van der Waals surface area contributed by atoms with E-state index in [2.05, 4.69) is 45.7 Å². The van der Waals surface area contributed by atoms with Crippen molar-refractivity contribution < 1.29 is 5.11 Å². The van der Waals surface area contributed by atoms with E-state index in [1.54, 1.807) is 0 Å². The van der Waals surface area contributed by atoms with Gasteiger partial charge in [0.05, 0.1) is 11.8 Å². The molecular formula is C14H23NO. The van der Waals surface area contributed by atoms with Crippen molar-refractivity contribution >= 4 is 0 Å². The summed E-state index contributed by atoms with van der Waals surface area (Å²) in [5.41, 5.74) is 2.10. The average Bonchev–Trinajstić information content (AvgIpc) is 2.15. The monoisotopic (exact) mass is 221 g/mol. The molecule has 0 bridgehead atoms. The first-order valence-electron chi connectivity index (χ1n) is 5.95. The van der Waals surface area contributed by atoms with Crippen molar-refractivity contribution in [2.24, 2.45) is 5.92 Å². The lowest BCUT2D eigenvalue weighted by Gasteiger charge is -2.19. The van der Waals surface area contributed by atoms with Gasteiger partial charge in [0, 0.05) is 6.20 Å². The van der Waals surface area contributed by atoms with Crippen LogP contribution in [0.4, 0.5) is 0 Å². The molecule has 0 radical (unpaired) electrons. The molecule has 1 atom stereocenters. The number of aliphatic hydroxyl groups is 1. The summed E-state index contributed by atoms with van der Waals surface area (Å²) in [6, 6.07) is 4.00. The predicted molar refractivity (Wildman–Crippen MR) is 67.4 cm³/mol. The second-order valence-electron chi connectivity index (χ2n) is 5.87. The van der Waals surface area contributed by atoms with E-state index in [1.165, 1.54) is 5.56 Å². The summed E-state index contributed by atoms with van der Waals surface area (Å²) < 4.78 is 0. The van der Waals surface area contributed by atoms with Gasteiger partial charge in [0.2, 0.25) is 0 Å². The molecular weight excluding hydrogens is 198 g/mol. The van der Waals surface area contributed by atoms with Gasteiger partial charge in [0.15, 0.2) is 0 Å². The molecule has 1 aromatic heterocycles. The number of pyridine rings is 1. The van der Waals surface area contributed by atoms with Crippen LogP contribution < -0.4 is 0 Å². The van der Waals surface area contributed by atoms with Crippen LogP contribution in [0.1, 0.15) is 58.4 Å². The molecule has 2 heteroatoms. The molecule has 90 valence electrons. The van der Waals surface area contributed by atoms with Crippen LogP contribution in [-0.4, -0.2) is 10.1 Å². The number of hydrogen-bond donors (Lipinski definition) is 1. The van der Waals surface area contributed by atoms with Gasteiger partial charge in [-0.2, -0.15) is 0 Å². The number of nitrogens with zero attached hydrogens (tertiary/aromatic N) is 1. The van der Waals surface area contributed by atoms with E-state index in [0.717, 1.165) is 12.1 Å². The third kappa shape index (κ3) is 3.60. The number of rotatable bonds is 3. The molecule has 1 N–H and O–H groups in total. The molecule has 16 heavy (non-hydrogen) atoms. The fourth-order valence-corrected chi connectivity index (χ4v) is 1.61. The Bertz CT molecular complexity index is 322. The first kappa shape index (κ1) is 13.2. The molecule has 0 aliphatic rings. The second kappa shape index (κ2) is 4.96. The summed E-state index contributed by atoms with van der Waals surface area (Å²) in [5, 5.41) is 9.92. The van der Waals surface area contributed by atoms with E-state index in [9.17, 15) is 5.11 Å². The third-order valence-corrected chi connectivity index (χ3v) is 2.69. The zero-order chi connectivity index (χ0) is 12.3. The van der Waals surface area contributed by atoms with Crippen LogP contribution in [-0.2, 0) is 5.41 Å². The van der Waals surface area contributed by atoms with E-state index in [1.807, 2.05) is 12.3 Å². The fourth-order valence-electron chi connectivity index (χ4n) is 1.61. The summed E-state index contributed by atoms with van der Waals surface area (Å²) in [6.07, 6.45) is 2.20. The zero-order valence-electron chi connectivity index (χ0n) is 11.0. The van der Waals surface area contributed by atoms with Gasteiger partial charge in [-0.05, 0) is 29.4 Å². The van der Waals surface area contributed by atoms with Crippen molar-refractivity contribution in [3.05, 3.63) is 29.6 Å². The molecule has 1 heterocycles. The van der Waals surface area contributed by atoms with Crippen molar-refractivity contribution in [3.8, 4) is 0 Å². The van der Waals surface area contributed by atoms with Gasteiger partial charge in [-0.15, -0.1) is 0 Å². The lowest BCUT2D eigenvalue weighted by molar-refractivity contribution is 0.146. The molecule has 2 nitrogen and oxygen atoms in total. The lowest BCUT2D eigenvalue weighted by atomic mass is 9.88. The Labute approximate surface area is 98.7 Å². The summed E-state index contributed by atoms with van der Waals surface area (Å²) in [7, 11) is 0. The number of aliphatic hydroxyl groups excluding tert-OH is 1. The van der Waals surface area contributed by atoms with Gasteiger partial charge in [-0.3, -0.25) is 4.98 Å². The molecule has 0 aromatic carbocycles. The smallest absolute Gasteiger partial charge is 0.0962 e. The SMILES string of the molecule is CC(C)CC(O)c1ccc(C(C)(C)C)cn1. The van der Waals surface area contributed by atoms with Crippen molar-refractivity contribution in [2.75, 3.05) is 0 Å². The number of hydrogen-bond acceptors (Lipinski definition) is 2. The Morgan fingerprint density at radius 3 is 2.25 bits per heavy atom. The van der Waals surface area contributed by atoms with Gasteiger partial charge < -0.3 is 5.11 Å². The summed E-state index contributed by atoms with van der Waals surface area (Å²) in [4.78, 5) is 4.35. The Kier molecular flexibility index (Phi) is 4.09. The minimum Gasteiger partial charge on any atom is -0.387 e. The molecule has 0 saturated carbocycles. The van der Waals surface area contributed by atoms with Crippen LogP contribution in [0.2, 0.25) is 0 Å². The zero-order valence-corrected chi connectivity index (χ0v) is 11.0. The molecule has 0 spiro atoms. The molecule has 1 aromatic rings. The average molecular weight is 221 g/mol. The van der Waals surface area contributed by atoms with Gasteiger partial charge >= 0.3 is 0 Å². The highest BCUT2D eigenvalue weighted by atomic mass is 16.3. The highest BCUT2D eigenvalue weighted by Gasteiger charge is 2.16. The summed E-state index contributed by atoms with van der Waals surface area (Å²) in [6.45, 7) is 10.7. The van der Waals surface area contributed by atoms with E-state index in [4.69, 9.17) is 0 Å². The molecule has 0 fully saturated rings. The van der Waals surface area contributed by atoms with Crippen molar-refractivity contribution in [1.82, 2.24) is 4.98 Å². The third-order valence-electron chi connectivity index (χ3n) is 2.69. The number of aromatic nitrogens is 1. The van der Waals surface area contributed by atoms with E-state index in [0.29, 0.717) is 5.92 Å². The van der Waals surface area contributed by atoms with Crippen LogP contribution in [0.25, 0.3) is 0 Å². The van der Waals surface area contributed by atoms with Crippen molar-refractivity contribution in [1.29, 1.82) is 0 Å². The lowest BCUT2D eigenvalue weighted by Crippen LogP contribution is -2.12. The second-order valence-corrected chi connectivity index (χ2v) is 5.87. The van der Waals surface area contributed by atoms with Gasteiger partial charge in [-0.25, -0.2) is 0 Å². The van der Waals surface area contributed by atoms with Crippen LogP contribution in [0, 0.1) is 5.92 Å². The maximum atomic E-state index is 9.92. The standard InChI is InChI=1S/C14H23NO/c1-10(2)8-13(16)12-7-6-11(9-15-12)14(3,4)5/h6-7,9-10,13,16H,8H2,1-5H3. The Morgan fingerprint density at radius 1 is 1.25 bits per heavy atom. The summed E-state index contributed by atoms with van der Waals surface area (Å²) in [5.74, 6) is 0.485. The van der Waals surface area contributed by atoms with Gasteiger partial charge in [0.1, 0.15) is 0 Å². The maximum absolute atomic E-state index is 9.92. The van der Waals surface area contributed by atoms with Gasteiger partial charge in [-0.1, -0.05) is 40.7 Å². The molecule has 0 aliphatic heterocycles. The topological polar surface area (TPSA) is 33.1 Å². The highest BCUT2D eigenvalue weighted by molar-refractivity contribution is 5.22. The van der Waals surface area contributed by atoms with E-state index in [-0.39, 0.29) is 5.41 Å². The molecule has 1 rings (SSSR count). The minimum absolute atomic E-state index is 0.120. The Morgan fingerprint density at radius 2 is 1.88 bits per heavy atom. The van der Waals surface area contributed by atoms with Crippen molar-refractivity contribution in [3.63, 3.8) is 0 Å². The predicted octanol–water partition coefficient (Wildman–Crippen LogP) is 3.46. The first-order chi connectivity index (χ1) is 7.30. The van der Waals surface area contributed by atoms with Crippen LogP contribution in [0.3, 0.4) is 0 Å². The van der Waals surface area contributed by atoms with Crippen LogP contribution >= 0.6 is 0 Å². The maximum Gasteiger partial charge on any atom is 0.0962 e.